The Balaban J connectivity index is 2.20. The van der Waals surface area contributed by atoms with E-state index in [1.54, 1.807) is 0 Å². The molecule has 1 aromatic carbocycles. The fraction of sp³-hybridized carbons (Fsp3) is 0.417. The summed E-state index contributed by atoms with van der Waals surface area (Å²) in [6.45, 7) is 3.55. The van der Waals surface area contributed by atoms with Gasteiger partial charge in [-0.2, -0.15) is 0 Å². The molecule has 15 heavy (non-hydrogen) atoms. The molecule has 0 saturated carbocycles. The third-order valence-corrected chi connectivity index (χ3v) is 3.33. The molecule has 80 valence electrons. The number of carbonyl (C=O) groups excluding carboxylic acids is 1. The van der Waals surface area contributed by atoms with Gasteiger partial charge >= 0.3 is 0 Å². The molecule has 2 rings (SSSR count). The molecule has 0 bridgehead atoms. The maximum absolute atomic E-state index is 11.6. The molecule has 0 aliphatic carbocycles. The lowest BCUT2D eigenvalue weighted by molar-refractivity contribution is -0.131. The molecule has 0 atom stereocenters. The molecule has 0 radical (unpaired) electrons. The first-order chi connectivity index (χ1) is 7.20. The van der Waals surface area contributed by atoms with Crippen molar-refractivity contribution in [2.24, 2.45) is 0 Å². The summed E-state index contributed by atoms with van der Waals surface area (Å²) in [7, 11) is 0. The van der Waals surface area contributed by atoms with Crippen molar-refractivity contribution in [3.8, 4) is 0 Å². The van der Waals surface area contributed by atoms with Crippen molar-refractivity contribution in [3.63, 3.8) is 0 Å². The van der Waals surface area contributed by atoms with Crippen molar-refractivity contribution in [3.05, 3.63) is 33.8 Å². The molecule has 0 spiro atoms. The lowest BCUT2D eigenvalue weighted by Gasteiger charge is -2.28. The molecule has 1 aliphatic rings. The van der Waals surface area contributed by atoms with Crippen LogP contribution in [0.2, 0.25) is 0 Å². The Labute approximate surface area is 98.4 Å². The van der Waals surface area contributed by atoms with Crippen molar-refractivity contribution in [2.45, 2.75) is 26.3 Å². The highest BCUT2D eigenvalue weighted by atomic mass is 79.9. The van der Waals surface area contributed by atoms with Gasteiger partial charge in [0.05, 0.1) is 0 Å². The average molecular weight is 268 g/mol. The zero-order chi connectivity index (χ0) is 10.8. The molecular formula is C12H14BrNO. The van der Waals surface area contributed by atoms with Crippen LogP contribution in [0.15, 0.2) is 22.7 Å². The van der Waals surface area contributed by atoms with Gasteiger partial charge in [0.15, 0.2) is 0 Å². The van der Waals surface area contributed by atoms with Crippen LogP contribution in [0.1, 0.15) is 24.5 Å². The van der Waals surface area contributed by atoms with Gasteiger partial charge in [-0.3, -0.25) is 4.79 Å². The second kappa shape index (κ2) is 4.35. The summed E-state index contributed by atoms with van der Waals surface area (Å²) >= 11 is 3.47. The number of amides is 1. The second-order valence-electron chi connectivity index (χ2n) is 3.83. The van der Waals surface area contributed by atoms with Gasteiger partial charge in [-0.25, -0.2) is 0 Å². The molecule has 1 aliphatic heterocycles. The van der Waals surface area contributed by atoms with E-state index >= 15 is 0 Å². The Morgan fingerprint density at radius 2 is 2.27 bits per heavy atom. The largest absolute Gasteiger partial charge is 0.338 e. The SMILES string of the molecule is CCC(=O)N1CCc2cc(Br)ccc2C1. The summed E-state index contributed by atoms with van der Waals surface area (Å²) in [5, 5.41) is 0. The first-order valence-electron chi connectivity index (χ1n) is 5.25. The van der Waals surface area contributed by atoms with Crippen molar-refractivity contribution < 1.29 is 4.79 Å². The second-order valence-corrected chi connectivity index (χ2v) is 4.75. The van der Waals surface area contributed by atoms with Gasteiger partial charge in [0.2, 0.25) is 5.91 Å². The third kappa shape index (κ3) is 2.23. The summed E-state index contributed by atoms with van der Waals surface area (Å²) < 4.78 is 1.12. The van der Waals surface area contributed by atoms with Crippen LogP contribution in [0.25, 0.3) is 0 Å². The van der Waals surface area contributed by atoms with Crippen molar-refractivity contribution >= 4 is 21.8 Å². The van der Waals surface area contributed by atoms with Crippen molar-refractivity contribution in [1.29, 1.82) is 0 Å². The number of hydrogen-bond acceptors (Lipinski definition) is 1. The van der Waals surface area contributed by atoms with E-state index in [0.29, 0.717) is 6.42 Å². The van der Waals surface area contributed by atoms with E-state index in [0.717, 1.165) is 24.0 Å². The van der Waals surface area contributed by atoms with Gasteiger partial charge in [-0.05, 0) is 29.7 Å². The summed E-state index contributed by atoms with van der Waals surface area (Å²) in [6, 6.07) is 6.30. The average Bonchev–Trinajstić information content (AvgIpc) is 2.27. The topological polar surface area (TPSA) is 20.3 Å². The van der Waals surface area contributed by atoms with E-state index in [-0.39, 0.29) is 5.91 Å². The molecule has 1 aromatic rings. The van der Waals surface area contributed by atoms with E-state index in [2.05, 4.69) is 28.1 Å². The molecule has 1 amide bonds. The zero-order valence-electron chi connectivity index (χ0n) is 8.79. The Kier molecular flexibility index (Phi) is 3.10. The van der Waals surface area contributed by atoms with Gasteiger partial charge in [0.1, 0.15) is 0 Å². The van der Waals surface area contributed by atoms with Crippen LogP contribution < -0.4 is 0 Å². The van der Waals surface area contributed by atoms with Gasteiger partial charge in [-0.1, -0.05) is 28.9 Å². The summed E-state index contributed by atoms with van der Waals surface area (Å²) in [5.41, 5.74) is 2.65. The van der Waals surface area contributed by atoms with E-state index in [9.17, 15) is 4.79 Å². The predicted molar refractivity (Wildman–Crippen MR) is 63.6 cm³/mol. The van der Waals surface area contributed by atoms with Crippen LogP contribution in [0.5, 0.6) is 0 Å². The predicted octanol–water partition coefficient (Wildman–Crippen LogP) is 2.74. The van der Waals surface area contributed by atoms with Gasteiger partial charge < -0.3 is 4.90 Å². The van der Waals surface area contributed by atoms with E-state index in [1.807, 2.05) is 17.9 Å². The minimum absolute atomic E-state index is 0.253. The Hall–Kier alpha value is -0.830. The van der Waals surface area contributed by atoms with Crippen LogP contribution in [-0.4, -0.2) is 17.4 Å². The number of rotatable bonds is 1. The van der Waals surface area contributed by atoms with Crippen LogP contribution in [0.3, 0.4) is 0 Å². The standard InChI is InChI=1S/C12H14BrNO/c1-2-12(15)14-6-5-9-7-11(13)4-3-10(9)8-14/h3-4,7H,2,5-6,8H2,1H3. The lowest BCUT2D eigenvalue weighted by atomic mass is 10.00. The number of benzene rings is 1. The quantitative estimate of drug-likeness (QED) is 0.767. The number of carbonyl (C=O) groups is 1. The molecule has 0 aromatic heterocycles. The molecule has 2 nitrogen and oxygen atoms in total. The molecule has 0 unspecified atom stereocenters. The normalized spacial score (nSPS) is 14.9. The highest BCUT2D eigenvalue weighted by Crippen LogP contribution is 2.23. The molecule has 0 N–H and O–H groups in total. The van der Waals surface area contributed by atoms with Gasteiger partial charge in [0, 0.05) is 24.0 Å². The number of halogens is 1. The van der Waals surface area contributed by atoms with Crippen LogP contribution in [0.4, 0.5) is 0 Å². The Morgan fingerprint density at radius 1 is 1.47 bits per heavy atom. The summed E-state index contributed by atoms with van der Waals surface area (Å²) in [4.78, 5) is 13.5. The van der Waals surface area contributed by atoms with Crippen LogP contribution in [0, 0.1) is 0 Å². The monoisotopic (exact) mass is 267 g/mol. The maximum atomic E-state index is 11.6. The van der Waals surface area contributed by atoms with Crippen LogP contribution in [-0.2, 0) is 17.8 Å². The fourth-order valence-corrected chi connectivity index (χ4v) is 2.37. The highest BCUT2D eigenvalue weighted by Gasteiger charge is 2.19. The first-order valence-corrected chi connectivity index (χ1v) is 6.05. The van der Waals surface area contributed by atoms with Crippen LogP contribution >= 0.6 is 15.9 Å². The number of hydrogen-bond donors (Lipinski definition) is 0. The minimum Gasteiger partial charge on any atom is -0.338 e. The minimum atomic E-state index is 0.253. The number of nitrogens with zero attached hydrogens (tertiary/aromatic N) is 1. The smallest absolute Gasteiger partial charge is 0.222 e. The summed E-state index contributed by atoms with van der Waals surface area (Å²) in [6.07, 6.45) is 1.58. The lowest BCUT2D eigenvalue weighted by Crippen LogP contribution is -2.35. The summed E-state index contributed by atoms with van der Waals surface area (Å²) in [5.74, 6) is 0.253. The highest BCUT2D eigenvalue weighted by molar-refractivity contribution is 9.10. The maximum Gasteiger partial charge on any atom is 0.222 e. The van der Waals surface area contributed by atoms with Crippen molar-refractivity contribution in [1.82, 2.24) is 4.90 Å². The zero-order valence-corrected chi connectivity index (χ0v) is 10.4. The number of fused-ring (bicyclic) bond motifs is 1. The molecular weight excluding hydrogens is 254 g/mol. The van der Waals surface area contributed by atoms with E-state index in [1.165, 1.54) is 11.1 Å². The Morgan fingerprint density at radius 3 is 3.00 bits per heavy atom. The van der Waals surface area contributed by atoms with Gasteiger partial charge in [-0.15, -0.1) is 0 Å². The molecule has 1 heterocycles. The third-order valence-electron chi connectivity index (χ3n) is 2.84. The van der Waals surface area contributed by atoms with Gasteiger partial charge in [0.25, 0.3) is 0 Å². The molecule has 0 saturated heterocycles. The molecule has 3 heteroatoms. The molecule has 0 fully saturated rings. The Bertz CT molecular complexity index is 389. The first kappa shape index (κ1) is 10.7. The van der Waals surface area contributed by atoms with E-state index in [4.69, 9.17) is 0 Å². The van der Waals surface area contributed by atoms with E-state index < -0.39 is 0 Å². The fourth-order valence-electron chi connectivity index (χ4n) is 1.96. The van der Waals surface area contributed by atoms with Crippen molar-refractivity contribution in [2.75, 3.05) is 6.54 Å².